The number of nitrogens with one attached hydrogen (secondary N) is 2. The van der Waals surface area contributed by atoms with Gasteiger partial charge in [0.1, 0.15) is 23.0 Å². The molecule has 0 radical (unpaired) electrons. The number of carbonyl (C=O) groups is 2. The number of imidazole rings is 1. The van der Waals surface area contributed by atoms with Gasteiger partial charge >= 0.3 is 0 Å². The van der Waals surface area contributed by atoms with Crippen LogP contribution in [-0.2, 0) is 9.59 Å². The highest BCUT2D eigenvalue weighted by atomic mass is 19.1. The largest absolute Gasteiger partial charge is 0.349 e. The molecule has 6 nitrogen and oxygen atoms in total. The molecule has 2 heterocycles. The zero-order chi connectivity index (χ0) is 23.5. The van der Waals surface area contributed by atoms with Gasteiger partial charge in [0.2, 0.25) is 11.8 Å². The molecule has 2 amide bonds. The van der Waals surface area contributed by atoms with Gasteiger partial charge in [-0.05, 0) is 61.4 Å². The van der Waals surface area contributed by atoms with E-state index in [0.717, 1.165) is 16.7 Å². The van der Waals surface area contributed by atoms with Gasteiger partial charge in [-0.15, -0.1) is 0 Å². The summed E-state index contributed by atoms with van der Waals surface area (Å²) in [7, 11) is 0. The molecule has 4 aromatic rings. The van der Waals surface area contributed by atoms with Crippen LogP contribution in [0.3, 0.4) is 0 Å². The number of pyridine rings is 1. The minimum absolute atomic E-state index is 0.0462. The van der Waals surface area contributed by atoms with E-state index < -0.39 is 6.04 Å². The monoisotopic (exact) mass is 444 g/mol. The van der Waals surface area contributed by atoms with E-state index in [1.807, 2.05) is 56.4 Å². The van der Waals surface area contributed by atoms with Crippen molar-refractivity contribution in [1.29, 1.82) is 0 Å². The summed E-state index contributed by atoms with van der Waals surface area (Å²) in [4.78, 5) is 29.6. The lowest BCUT2D eigenvalue weighted by molar-refractivity contribution is -0.120. The quantitative estimate of drug-likeness (QED) is 0.441. The molecule has 4 rings (SSSR count). The average molecular weight is 445 g/mol. The number of hydrogen-bond acceptors (Lipinski definition) is 3. The highest BCUT2D eigenvalue weighted by Crippen LogP contribution is 2.30. The van der Waals surface area contributed by atoms with Crippen LogP contribution in [0.1, 0.15) is 36.1 Å². The number of anilines is 1. The Balaban J connectivity index is 1.67. The summed E-state index contributed by atoms with van der Waals surface area (Å²) in [5.74, 6) is -0.349. The molecule has 0 aliphatic carbocycles. The Morgan fingerprint density at radius 1 is 1.00 bits per heavy atom. The van der Waals surface area contributed by atoms with Crippen LogP contribution in [0.2, 0.25) is 0 Å². The number of amides is 2. The second-order valence-corrected chi connectivity index (χ2v) is 8.16. The van der Waals surface area contributed by atoms with E-state index in [9.17, 15) is 14.0 Å². The number of nitrogens with zero attached hydrogens (tertiary/aromatic N) is 2. The van der Waals surface area contributed by atoms with Gasteiger partial charge in [0.15, 0.2) is 0 Å². The molecule has 2 aromatic carbocycles. The molecule has 168 valence electrons. The van der Waals surface area contributed by atoms with Crippen LogP contribution >= 0.6 is 0 Å². The molecular weight excluding hydrogens is 419 g/mol. The van der Waals surface area contributed by atoms with Crippen LogP contribution < -0.4 is 10.6 Å². The second-order valence-electron chi connectivity index (χ2n) is 8.16. The van der Waals surface area contributed by atoms with E-state index >= 15 is 0 Å². The Morgan fingerprint density at radius 2 is 1.70 bits per heavy atom. The molecule has 0 saturated carbocycles. The van der Waals surface area contributed by atoms with Crippen molar-refractivity contribution in [2.45, 2.75) is 33.2 Å². The minimum Gasteiger partial charge on any atom is -0.349 e. The lowest BCUT2D eigenvalue weighted by Gasteiger charge is -2.18. The lowest BCUT2D eigenvalue weighted by Crippen LogP contribution is -2.30. The maximum Gasteiger partial charge on any atom is 0.227 e. The highest BCUT2D eigenvalue weighted by Gasteiger charge is 2.21. The van der Waals surface area contributed by atoms with Gasteiger partial charge in [-0.25, -0.2) is 9.37 Å². The maximum atomic E-state index is 13.5. The molecule has 7 heteroatoms. The Kier molecular flexibility index (Phi) is 6.22. The van der Waals surface area contributed by atoms with E-state index in [-0.39, 0.29) is 24.1 Å². The van der Waals surface area contributed by atoms with E-state index in [4.69, 9.17) is 0 Å². The molecule has 0 fully saturated rings. The van der Waals surface area contributed by atoms with Crippen molar-refractivity contribution < 1.29 is 14.0 Å². The smallest absolute Gasteiger partial charge is 0.227 e. The first-order valence-corrected chi connectivity index (χ1v) is 10.7. The molecular formula is C26H25FN4O2. The van der Waals surface area contributed by atoms with E-state index in [1.165, 1.54) is 19.1 Å². The third-order valence-corrected chi connectivity index (χ3v) is 5.40. The van der Waals surface area contributed by atoms with Crippen molar-refractivity contribution in [3.63, 3.8) is 0 Å². The topological polar surface area (TPSA) is 75.5 Å². The summed E-state index contributed by atoms with van der Waals surface area (Å²) in [6.07, 6.45) is 1.89. The number of aryl methyl sites for hydroxylation is 2. The van der Waals surface area contributed by atoms with E-state index in [1.54, 1.807) is 16.5 Å². The zero-order valence-electron chi connectivity index (χ0n) is 18.7. The molecule has 0 aliphatic heterocycles. The Bertz CT molecular complexity index is 1310. The molecule has 0 aliphatic rings. The number of benzene rings is 2. The van der Waals surface area contributed by atoms with Gasteiger partial charge in [0.05, 0.1) is 12.5 Å². The van der Waals surface area contributed by atoms with Crippen molar-refractivity contribution in [1.82, 2.24) is 14.7 Å². The molecule has 2 aromatic heterocycles. The molecule has 0 bridgehead atoms. The summed E-state index contributed by atoms with van der Waals surface area (Å²) in [5, 5.41) is 5.83. The molecule has 1 atom stereocenters. The Morgan fingerprint density at radius 3 is 2.36 bits per heavy atom. The maximum absolute atomic E-state index is 13.5. The normalized spacial score (nSPS) is 11.9. The summed E-state index contributed by atoms with van der Waals surface area (Å²) in [6, 6.07) is 17.1. The van der Waals surface area contributed by atoms with Crippen molar-refractivity contribution in [2.24, 2.45) is 0 Å². The summed E-state index contributed by atoms with van der Waals surface area (Å²) in [6.45, 7) is 5.37. The fourth-order valence-corrected chi connectivity index (χ4v) is 3.74. The fourth-order valence-electron chi connectivity index (χ4n) is 3.74. The van der Waals surface area contributed by atoms with Gasteiger partial charge in [0.25, 0.3) is 0 Å². The standard InChI is InChI=1S/C26H25FN4O2/c1-16-4-6-19(7-5-16)22(28-18(3)32)15-24(33)30-26-25(20-8-10-21(27)11-9-20)29-23-14-17(2)12-13-31(23)26/h4-14,22H,15H2,1-3H3,(H,28,32)(H,30,33)/t22-/m1/s1. The number of hydrogen-bond donors (Lipinski definition) is 2. The van der Waals surface area contributed by atoms with Crippen LogP contribution in [0, 0.1) is 19.7 Å². The highest BCUT2D eigenvalue weighted by molar-refractivity contribution is 5.95. The number of fused-ring (bicyclic) bond motifs is 1. The first-order valence-electron chi connectivity index (χ1n) is 10.7. The predicted octanol–water partition coefficient (Wildman–Crippen LogP) is 4.96. The Hall–Kier alpha value is -4.00. The predicted molar refractivity (Wildman–Crippen MR) is 126 cm³/mol. The van der Waals surface area contributed by atoms with E-state index in [0.29, 0.717) is 22.7 Å². The summed E-state index contributed by atoms with van der Waals surface area (Å²) < 4.78 is 15.3. The van der Waals surface area contributed by atoms with Gasteiger partial charge < -0.3 is 10.6 Å². The van der Waals surface area contributed by atoms with Crippen LogP contribution in [0.15, 0.2) is 66.9 Å². The van der Waals surface area contributed by atoms with Crippen LogP contribution in [0.25, 0.3) is 16.9 Å². The fraction of sp³-hybridized carbons (Fsp3) is 0.192. The lowest BCUT2D eigenvalue weighted by atomic mass is 10.0. The first kappa shape index (κ1) is 22.2. The summed E-state index contributed by atoms with van der Waals surface area (Å²) in [5.41, 5.74) is 4.86. The van der Waals surface area contributed by atoms with Crippen molar-refractivity contribution in [2.75, 3.05) is 5.32 Å². The van der Waals surface area contributed by atoms with Gasteiger partial charge in [0, 0.05) is 18.7 Å². The van der Waals surface area contributed by atoms with Crippen LogP contribution in [0.4, 0.5) is 10.2 Å². The molecule has 0 spiro atoms. The number of carbonyl (C=O) groups excluding carboxylic acids is 2. The first-order chi connectivity index (χ1) is 15.8. The average Bonchev–Trinajstić information content (AvgIpc) is 3.11. The van der Waals surface area contributed by atoms with Gasteiger partial charge in [-0.1, -0.05) is 29.8 Å². The van der Waals surface area contributed by atoms with Gasteiger partial charge in [-0.2, -0.15) is 0 Å². The molecule has 33 heavy (non-hydrogen) atoms. The third kappa shape index (κ3) is 5.09. The number of halogens is 1. The summed E-state index contributed by atoms with van der Waals surface area (Å²) >= 11 is 0. The third-order valence-electron chi connectivity index (χ3n) is 5.40. The minimum atomic E-state index is -0.473. The Labute approximate surface area is 191 Å². The molecule has 2 N–H and O–H groups in total. The van der Waals surface area contributed by atoms with E-state index in [2.05, 4.69) is 15.6 Å². The molecule has 0 saturated heterocycles. The number of rotatable bonds is 6. The van der Waals surface area contributed by atoms with Crippen molar-refractivity contribution in [3.05, 3.63) is 89.4 Å². The number of aromatic nitrogens is 2. The zero-order valence-corrected chi connectivity index (χ0v) is 18.7. The van der Waals surface area contributed by atoms with Crippen LogP contribution in [-0.4, -0.2) is 21.2 Å². The van der Waals surface area contributed by atoms with Gasteiger partial charge in [-0.3, -0.25) is 14.0 Å². The van der Waals surface area contributed by atoms with Crippen molar-refractivity contribution in [3.8, 4) is 11.3 Å². The van der Waals surface area contributed by atoms with Crippen LogP contribution in [0.5, 0.6) is 0 Å². The molecule has 0 unspecified atom stereocenters. The SMILES string of the molecule is CC(=O)N[C@H](CC(=O)Nc1c(-c2ccc(F)cc2)nc2cc(C)ccn12)c1ccc(C)cc1. The second kappa shape index (κ2) is 9.24. The van der Waals surface area contributed by atoms with Crippen molar-refractivity contribution >= 4 is 23.3 Å².